The van der Waals surface area contributed by atoms with Gasteiger partial charge in [-0.15, -0.1) is 0 Å². The number of nitriles is 1. The van der Waals surface area contributed by atoms with E-state index in [1.165, 1.54) is 0 Å². The summed E-state index contributed by atoms with van der Waals surface area (Å²) in [5, 5.41) is 9.58. The molecule has 4 heteroatoms. The van der Waals surface area contributed by atoms with Crippen molar-refractivity contribution in [3.8, 4) is 11.8 Å². The first-order valence-electron chi connectivity index (χ1n) is 7.91. The molecule has 3 rings (SSSR count). The number of allylic oxidation sites excluding steroid dienone is 1. The van der Waals surface area contributed by atoms with Crippen molar-refractivity contribution in [2.45, 2.75) is 0 Å². The van der Waals surface area contributed by atoms with Crippen LogP contribution in [-0.2, 0) is 0 Å². The molecule has 1 aromatic heterocycles. The number of nitrogens with zero attached hydrogens (tertiary/aromatic N) is 3. The maximum absolute atomic E-state index is 9.58. The fourth-order valence-corrected chi connectivity index (χ4v) is 3.04. The fraction of sp³-hybridized carbons (Fsp3) is 0.0952. The number of aromatic nitrogens is 1. The Balaban J connectivity index is 1.99. The number of hydrogen-bond acceptors (Lipinski definition) is 2. The van der Waals surface area contributed by atoms with Gasteiger partial charge in [0.2, 0.25) is 0 Å². The zero-order valence-electron chi connectivity index (χ0n) is 14.1. The lowest BCUT2D eigenvalue weighted by Gasteiger charge is -2.14. The third-order valence-electron chi connectivity index (χ3n) is 3.97. The summed E-state index contributed by atoms with van der Waals surface area (Å²) in [6.07, 6.45) is 3.92. The van der Waals surface area contributed by atoms with Crippen molar-refractivity contribution < 1.29 is 0 Å². The lowest BCUT2D eigenvalue weighted by Crippen LogP contribution is -2.08. The van der Waals surface area contributed by atoms with Crippen LogP contribution >= 0.6 is 15.9 Å². The van der Waals surface area contributed by atoms with Gasteiger partial charge >= 0.3 is 0 Å². The third kappa shape index (κ3) is 3.84. The van der Waals surface area contributed by atoms with Gasteiger partial charge in [0.1, 0.15) is 0 Å². The Morgan fingerprint density at radius 2 is 1.84 bits per heavy atom. The Bertz CT molecular complexity index is 944. The van der Waals surface area contributed by atoms with Crippen molar-refractivity contribution >= 4 is 33.3 Å². The van der Waals surface area contributed by atoms with E-state index in [4.69, 9.17) is 0 Å². The summed E-state index contributed by atoms with van der Waals surface area (Å²) in [6.45, 7) is 0. The molecule has 124 valence electrons. The molecule has 0 saturated carbocycles. The van der Waals surface area contributed by atoms with Crippen molar-refractivity contribution in [2.24, 2.45) is 0 Å². The van der Waals surface area contributed by atoms with Crippen LogP contribution in [-0.4, -0.2) is 18.7 Å². The molecule has 0 radical (unpaired) electrons. The lowest BCUT2D eigenvalue weighted by atomic mass is 10.1. The normalized spacial score (nSPS) is 11.2. The highest BCUT2D eigenvalue weighted by atomic mass is 79.9. The van der Waals surface area contributed by atoms with E-state index in [0.717, 1.165) is 27.1 Å². The van der Waals surface area contributed by atoms with Crippen LogP contribution in [0.15, 0.2) is 71.3 Å². The summed E-state index contributed by atoms with van der Waals surface area (Å²) in [6, 6.07) is 22.4. The Kier molecular flexibility index (Phi) is 5.06. The van der Waals surface area contributed by atoms with Crippen molar-refractivity contribution in [1.29, 1.82) is 5.26 Å². The van der Waals surface area contributed by atoms with Gasteiger partial charge in [0, 0.05) is 41.8 Å². The van der Waals surface area contributed by atoms with Crippen LogP contribution in [0.5, 0.6) is 0 Å². The first-order chi connectivity index (χ1) is 12.1. The topological polar surface area (TPSA) is 32.0 Å². The highest BCUT2D eigenvalue weighted by Gasteiger charge is 2.06. The summed E-state index contributed by atoms with van der Waals surface area (Å²) >= 11 is 3.46. The van der Waals surface area contributed by atoms with E-state index in [9.17, 15) is 5.26 Å². The average molecular weight is 392 g/mol. The van der Waals surface area contributed by atoms with Crippen LogP contribution in [0, 0.1) is 11.3 Å². The zero-order valence-corrected chi connectivity index (χ0v) is 15.7. The summed E-state index contributed by atoms with van der Waals surface area (Å²) in [4.78, 5) is 2.07. The van der Waals surface area contributed by atoms with E-state index in [1.807, 2.05) is 62.8 Å². The number of rotatable bonds is 4. The van der Waals surface area contributed by atoms with Crippen LogP contribution in [0.3, 0.4) is 0 Å². The van der Waals surface area contributed by atoms with Gasteiger partial charge in [-0.2, -0.15) is 5.26 Å². The van der Waals surface area contributed by atoms with Gasteiger partial charge in [0.15, 0.2) is 0 Å². The van der Waals surface area contributed by atoms with E-state index < -0.39 is 0 Å². The molecule has 1 heterocycles. The van der Waals surface area contributed by atoms with Gasteiger partial charge in [-0.05, 0) is 60.2 Å². The Morgan fingerprint density at radius 3 is 2.48 bits per heavy atom. The Morgan fingerprint density at radius 1 is 1.08 bits per heavy atom. The minimum atomic E-state index is 0.631. The largest absolute Gasteiger partial charge is 0.378 e. The molecule has 0 bridgehead atoms. The van der Waals surface area contributed by atoms with Crippen LogP contribution in [0.4, 0.5) is 5.69 Å². The summed E-state index contributed by atoms with van der Waals surface area (Å²) in [5.74, 6) is 0. The van der Waals surface area contributed by atoms with Crippen LogP contribution in [0.1, 0.15) is 11.3 Å². The minimum absolute atomic E-state index is 0.631. The van der Waals surface area contributed by atoms with Gasteiger partial charge in [-0.1, -0.05) is 28.1 Å². The Hall–Kier alpha value is -2.77. The van der Waals surface area contributed by atoms with E-state index >= 15 is 0 Å². The average Bonchev–Trinajstić information content (AvgIpc) is 3.08. The molecular weight excluding hydrogens is 374 g/mol. The molecule has 2 aromatic carbocycles. The van der Waals surface area contributed by atoms with Crippen molar-refractivity contribution in [3.63, 3.8) is 0 Å². The summed E-state index contributed by atoms with van der Waals surface area (Å²) in [7, 11) is 4.05. The van der Waals surface area contributed by atoms with Gasteiger partial charge in [0.25, 0.3) is 0 Å². The van der Waals surface area contributed by atoms with Gasteiger partial charge in [0.05, 0.1) is 11.6 Å². The monoisotopic (exact) mass is 391 g/mol. The molecule has 0 aliphatic carbocycles. The van der Waals surface area contributed by atoms with E-state index in [-0.39, 0.29) is 0 Å². The molecule has 3 aromatic rings. The second-order valence-electron chi connectivity index (χ2n) is 5.89. The molecule has 0 fully saturated rings. The second-order valence-corrected chi connectivity index (χ2v) is 6.81. The number of benzene rings is 2. The Labute approximate surface area is 156 Å². The fourth-order valence-electron chi connectivity index (χ4n) is 2.64. The van der Waals surface area contributed by atoms with Crippen molar-refractivity contribution in [2.75, 3.05) is 19.0 Å². The molecule has 0 unspecified atom stereocenters. The molecule has 0 atom stereocenters. The molecule has 0 saturated heterocycles. The predicted octanol–water partition coefficient (Wildman–Crippen LogP) is 5.37. The third-order valence-corrected chi connectivity index (χ3v) is 4.47. The van der Waals surface area contributed by atoms with Crippen molar-refractivity contribution in [1.82, 2.24) is 4.57 Å². The molecule has 3 nitrogen and oxygen atoms in total. The second kappa shape index (κ2) is 7.42. The van der Waals surface area contributed by atoms with Gasteiger partial charge < -0.3 is 9.47 Å². The molecule has 25 heavy (non-hydrogen) atoms. The zero-order chi connectivity index (χ0) is 17.8. The molecular formula is C21H18BrN3. The highest BCUT2D eigenvalue weighted by molar-refractivity contribution is 9.10. The van der Waals surface area contributed by atoms with Crippen LogP contribution in [0.25, 0.3) is 17.3 Å². The van der Waals surface area contributed by atoms with Crippen LogP contribution in [0.2, 0.25) is 0 Å². The molecule has 0 spiro atoms. The molecule has 0 N–H and O–H groups in total. The highest BCUT2D eigenvalue weighted by Crippen LogP contribution is 2.23. The quantitative estimate of drug-likeness (QED) is 0.559. The maximum Gasteiger partial charge on any atom is 0.0998 e. The van der Waals surface area contributed by atoms with Crippen molar-refractivity contribution in [3.05, 3.63) is 82.6 Å². The van der Waals surface area contributed by atoms with E-state index in [2.05, 4.69) is 55.7 Å². The maximum atomic E-state index is 9.58. The van der Waals surface area contributed by atoms with Gasteiger partial charge in [-0.3, -0.25) is 0 Å². The first-order valence-corrected chi connectivity index (χ1v) is 8.70. The van der Waals surface area contributed by atoms with E-state index in [0.29, 0.717) is 5.57 Å². The SMILES string of the molecule is CN(C)c1ccc(-n2cccc2/C=C(/C#N)c2cccc(Br)c2)cc1. The number of halogens is 1. The minimum Gasteiger partial charge on any atom is -0.378 e. The predicted molar refractivity (Wildman–Crippen MR) is 108 cm³/mol. The summed E-state index contributed by atoms with van der Waals surface area (Å²) < 4.78 is 3.04. The summed E-state index contributed by atoms with van der Waals surface area (Å²) in [5.41, 5.74) is 4.71. The number of hydrogen-bond donors (Lipinski definition) is 0. The lowest BCUT2D eigenvalue weighted by molar-refractivity contribution is 1.06. The van der Waals surface area contributed by atoms with E-state index in [1.54, 1.807) is 0 Å². The van der Waals surface area contributed by atoms with Gasteiger partial charge in [-0.25, -0.2) is 0 Å². The molecule has 0 amide bonds. The van der Waals surface area contributed by atoms with Crippen LogP contribution < -0.4 is 4.90 Å². The number of anilines is 1. The molecule has 0 aliphatic heterocycles. The first kappa shape index (κ1) is 17.1. The smallest absolute Gasteiger partial charge is 0.0998 e. The molecule has 0 aliphatic rings. The standard InChI is InChI=1S/C21H18BrN3/c1-24(2)19-8-10-20(11-9-19)25-12-4-7-21(25)14-17(15-23)16-5-3-6-18(22)13-16/h3-14H,1-2H3/b17-14-.